The number of amides is 2. The van der Waals surface area contributed by atoms with Crippen LogP contribution in [0.25, 0.3) is 10.9 Å². The van der Waals surface area contributed by atoms with E-state index in [1.165, 1.54) is 0 Å². The van der Waals surface area contributed by atoms with Gasteiger partial charge < -0.3 is 15.5 Å². The van der Waals surface area contributed by atoms with Gasteiger partial charge in [0.25, 0.3) is 11.8 Å². The van der Waals surface area contributed by atoms with Gasteiger partial charge in [0.15, 0.2) is 0 Å². The molecule has 1 aromatic heterocycles. The Labute approximate surface area is 170 Å². The number of nitrogens with zero attached hydrogens (tertiary/aromatic N) is 2. The zero-order valence-corrected chi connectivity index (χ0v) is 16.8. The maximum Gasteiger partial charge on any atom is 0.274 e. The molecule has 4 rings (SSSR count). The van der Waals surface area contributed by atoms with Crippen LogP contribution in [0.3, 0.4) is 0 Å². The fourth-order valence-electron chi connectivity index (χ4n) is 3.19. The summed E-state index contributed by atoms with van der Waals surface area (Å²) in [6, 6.07) is 18.3. The van der Waals surface area contributed by atoms with Crippen molar-refractivity contribution in [1.82, 2.24) is 15.2 Å². The second-order valence-electron chi connectivity index (χ2n) is 6.92. The lowest BCUT2D eigenvalue weighted by atomic mass is 10.1. The first-order valence-electron chi connectivity index (χ1n) is 9.77. The predicted octanol–water partition coefficient (Wildman–Crippen LogP) is 3.56. The maximum absolute atomic E-state index is 12.4. The summed E-state index contributed by atoms with van der Waals surface area (Å²) < 4.78 is 0. The van der Waals surface area contributed by atoms with Gasteiger partial charge in [-0.15, -0.1) is 0 Å². The summed E-state index contributed by atoms with van der Waals surface area (Å²) in [5, 5.41) is 6.58. The van der Waals surface area contributed by atoms with E-state index in [0.717, 1.165) is 36.8 Å². The molecule has 0 unspecified atom stereocenters. The molecule has 2 N–H and O–H groups in total. The van der Waals surface area contributed by atoms with Crippen LogP contribution in [-0.4, -0.2) is 48.9 Å². The zero-order valence-electron chi connectivity index (χ0n) is 16.8. The van der Waals surface area contributed by atoms with Gasteiger partial charge in [-0.25, -0.2) is 4.98 Å². The molecule has 0 bridgehead atoms. The second-order valence-corrected chi connectivity index (χ2v) is 6.92. The normalized spacial score (nSPS) is 13.0. The van der Waals surface area contributed by atoms with Gasteiger partial charge in [-0.1, -0.05) is 24.3 Å². The monoisotopic (exact) mass is 390 g/mol. The summed E-state index contributed by atoms with van der Waals surface area (Å²) in [4.78, 5) is 31.1. The van der Waals surface area contributed by atoms with E-state index in [9.17, 15) is 9.59 Å². The number of hydrogen-bond acceptors (Lipinski definition) is 4. The lowest BCUT2D eigenvalue weighted by Crippen LogP contribution is -2.27. The highest BCUT2D eigenvalue weighted by Gasteiger charge is 2.19. The number of anilines is 1. The van der Waals surface area contributed by atoms with Crippen molar-refractivity contribution >= 4 is 28.4 Å². The quantitative estimate of drug-likeness (QED) is 0.717. The average Bonchev–Trinajstić information content (AvgIpc) is 3.29. The molecule has 1 fully saturated rings. The van der Waals surface area contributed by atoms with Gasteiger partial charge >= 0.3 is 0 Å². The minimum absolute atomic E-state index is 0.0524. The van der Waals surface area contributed by atoms with Crippen molar-refractivity contribution in [3.63, 3.8) is 0 Å². The van der Waals surface area contributed by atoms with Crippen molar-refractivity contribution < 1.29 is 9.59 Å². The van der Waals surface area contributed by atoms with Crippen LogP contribution in [0, 0.1) is 0 Å². The minimum Gasteiger partial charge on any atom is -0.339 e. The van der Waals surface area contributed by atoms with E-state index in [1.54, 1.807) is 30.3 Å². The molecule has 0 radical (unpaired) electrons. The SMILES string of the molecule is CNC.O=C(Nc1ccc(C(=O)N2CCCC2)cc1)c1ccc2ccccc2n1. The molecule has 2 aromatic carbocycles. The number of rotatable bonds is 3. The standard InChI is InChI=1S/C21H19N3O2.C2H7N/c25-20(19-12-9-15-5-1-2-6-18(15)23-19)22-17-10-7-16(8-11-17)21(26)24-13-3-4-14-24;1-3-2/h1-2,5-12H,3-4,13-14H2,(H,22,25);3H,1-2H3. The number of nitrogens with one attached hydrogen (secondary N) is 2. The van der Waals surface area contributed by atoms with Gasteiger partial charge in [0.05, 0.1) is 5.52 Å². The molecule has 1 aliphatic heterocycles. The molecule has 3 aromatic rings. The molecule has 29 heavy (non-hydrogen) atoms. The third kappa shape index (κ3) is 5.18. The summed E-state index contributed by atoms with van der Waals surface area (Å²) >= 11 is 0. The fourth-order valence-corrected chi connectivity index (χ4v) is 3.19. The molecule has 6 nitrogen and oxygen atoms in total. The lowest BCUT2D eigenvalue weighted by molar-refractivity contribution is 0.0792. The van der Waals surface area contributed by atoms with Crippen LogP contribution in [0.15, 0.2) is 60.7 Å². The van der Waals surface area contributed by atoms with E-state index in [2.05, 4.69) is 15.6 Å². The van der Waals surface area contributed by atoms with Crippen molar-refractivity contribution in [1.29, 1.82) is 0 Å². The van der Waals surface area contributed by atoms with E-state index >= 15 is 0 Å². The highest BCUT2D eigenvalue weighted by molar-refractivity contribution is 6.04. The number of carbonyl (C=O) groups is 2. The van der Waals surface area contributed by atoms with Crippen LogP contribution in [-0.2, 0) is 0 Å². The summed E-state index contributed by atoms with van der Waals surface area (Å²) in [6.45, 7) is 1.65. The highest BCUT2D eigenvalue weighted by Crippen LogP contribution is 2.17. The molecule has 1 saturated heterocycles. The molecular weight excluding hydrogens is 364 g/mol. The molecule has 0 aliphatic carbocycles. The Balaban J connectivity index is 0.000000755. The molecule has 2 amide bonds. The topological polar surface area (TPSA) is 74.3 Å². The van der Waals surface area contributed by atoms with Crippen molar-refractivity contribution in [2.75, 3.05) is 32.5 Å². The number of pyridine rings is 1. The van der Waals surface area contributed by atoms with Crippen LogP contribution in [0.4, 0.5) is 5.69 Å². The van der Waals surface area contributed by atoms with Crippen molar-refractivity contribution in [2.45, 2.75) is 12.8 Å². The molecule has 6 heteroatoms. The van der Waals surface area contributed by atoms with Crippen LogP contribution in [0.2, 0.25) is 0 Å². The lowest BCUT2D eigenvalue weighted by Gasteiger charge is -2.15. The minimum atomic E-state index is -0.269. The average molecular weight is 390 g/mol. The third-order valence-electron chi connectivity index (χ3n) is 4.61. The largest absolute Gasteiger partial charge is 0.339 e. The summed E-state index contributed by atoms with van der Waals surface area (Å²) in [7, 11) is 3.75. The smallest absolute Gasteiger partial charge is 0.274 e. The number of fused-ring (bicyclic) bond motifs is 1. The first kappa shape index (κ1) is 20.5. The number of para-hydroxylation sites is 1. The van der Waals surface area contributed by atoms with Gasteiger partial charge in [-0.2, -0.15) is 0 Å². The van der Waals surface area contributed by atoms with E-state index in [0.29, 0.717) is 16.9 Å². The van der Waals surface area contributed by atoms with Gasteiger partial charge in [0.1, 0.15) is 5.69 Å². The first-order valence-corrected chi connectivity index (χ1v) is 9.77. The Kier molecular flexibility index (Phi) is 6.92. The third-order valence-corrected chi connectivity index (χ3v) is 4.61. The number of aromatic nitrogens is 1. The van der Waals surface area contributed by atoms with Crippen LogP contribution < -0.4 is 10.6 Å². The van der Waals surface area contributed by atoms with E-state index in [4.69, 9.17) is 0 Å². The second kappa shape index (κ2) is 9.80. The van der Waals surface area contributed by atoms with Crippen molar-refractivity contribution in [3.8, 4) is 0 Å². The summed E-state index contributed by atoms with van der Waals surface area (Å²) in [5.41, 5.74) is 2.43. The van der Waals surface area contributed by atoms with E-state index in [1.807, 2.05) is 49.3 Å². The Bertz CT molecular complexity index is 980. The van der Waals surface area contributed by atoms with Crippen molar-refractivity contribution in [2.24, 2.45) is 0 Å². The summed E-state index contributed by atoms with van der Waals surface area (Å²) in [5.74, 6) is -0.217. The Morgan fingerprint density at radius 3 is 2.24 bits per heavy atom. The first-order chi connectivity index (χ1) is 14.1. The molecule has 150 valence electrons. The summed E-state index contributed by atoms with van der Waals surface area (Å²) in [6.07, 6.45) is 2.14. The maximum atomic E-state index is 12.4. The molecular formula is C23H26N4O2. The Hall–Kier alpha value is -3.25. The molecule has 0 spiro atoms. The molecule has 1 aliphatic rings. The highest BCUT2D eigenvalue weighted by atomic mass is 16.2. The van der Waals surface area contributed by atoms with Crippen LogP contribution in [0.5, 0.6) is 0 Å². The number of benzene rings is 2. The zero-order chi connectivity index (χ0) is 20.6. The fraction of sp³-hybridized carbons (Fsp3) is 0.261. The van der Waals surface area contributed by atoms with Gasteiger partial charge in [0.2, 0.25) is 0 Å². The van der Waals surface area contributed by atoms with E-state index in [-0.39, 0.29) is 11.8 Å². The van der Waals surface area contributed by atoms with Crippen LogP contribution >= 0.6 is 0 Å². The predicted molar refractivity (Wildman–Crippen MR) is 116 cm³/mol. The van der Waals surface area contributed by atoms with Gasteiger partial charge in [-0.3, -0.25) is 9.59 Å². The van der Waals surface area contributed by atoms with Gasteiger partial charge in [0, 0.05) is 29.7 Å². The number of likely N-dealkylation sites (tertiary alicyclic amines) is 1. The molecule has 0 atom stereocenters. The van der Waals surface area contributed by atoms with Crippen molar-refractivity contribution in [3.05, 3.63) is 71.9 Å². The number of carbonyl (C=O) groups excluding carboxylic acids is 2. The Morgan fingerprint density at radius 2 is 1.55 bits per heavy atom. The molecule has 2 heterocycles. The Morgan fingerprint density at radius 1 is 0.897 bits per heavy atom. The molecule has 0 saturated carbocycles. The van der Waals surface area contributed by atoms with Crippen LogP contribution in [0.1, 0.15) is 33.7 Å². The van der Waals surface area contributed by atoms with E-state index < -0.39 is 0 Å². The number of hydrogen-bond donors (Lipinski definition) is 2. The van der Waals surface area contributed by atoms with Gasteiger partial charge in [-0.05, 0) is 63.3 Å².